The number of hydrogen-bond donors (Lipinski definition) is 1. The number of piperidine rings is 1. The lowest BCUT2D eigenvalue weighted by Gasteiger charge is -2.34. The molecule has 0 unspecified atom stereocenters. The van der Waals surface area contributed by atoms with Crippen molar-refractivity contribution in [2.24, 2.45) is 5.92 Å². The predicted molar refractivity (Wildman–Crippen MR) is 135 cm³/mol. The van der Waals surface area contributed by atoms with Gasteiger partial charge in [0.25, 0.3) is 5.56 Å². The Hall–Kier alpha value is -3.52. The number of halogens is 1. The highest BCUT2D eigenvalue weighted by Gasteiger charge is 2.29. The molecule has 1 amide bonds. The molecule has 0 aliphatic carbocycles. The fourth-order valence-corrected chi connectivity index (χ4v) is 5.14. The van der Waals surface area contributed by atoms with E-state index in [4.69, 9.17) is 4.98 Å². The van der Waals surface area contributed by atoms with Crippen LogP contribution in [0.4, 0.5) is 16.0 Å². The van der Waals surface area contributed by atoms with E-state index in [1.54, 1.807) is 23.6 Å². The molecule has 1 N–H and O–H groups in total. The summed E-state index contributed by atoms with van der Waals surface area (Å²) in [7, 11) is 0. The van der Waals surface area contributed by atoms with Crippen LogP contribution < -0.4 is 15.8 Å². The van der Waals surface area contributed by atoms with Crippen LogP contribution in [0.2, 0.25) is 0 Å². The summed E-state index contributed by atoms with van der Waals surface area (Å²) >= 11 is 1.38. The Morgan fingerprint density at radius 2 is 1.94 bits per heavy atom. The van der Waals surface area contributed by atoms with Gasteiger partial charge in [0, 0.05) is 18.8 Å². The molecule has 0 bridgehead atoms. The second kappa shape index (κ2) is 9.02. The Morgan fingerprint density at radius 3 is 2.71 bits per heavy atom. The normalized spacial score (nSPS) is 16.1. The number of carbonyl (C=O) groups excluding carboxylic acids is 1. The van der Waals surface area contributed by atoms with Crippen LogP contribution in [-0.4, -0.2) is 28.5 Å². The molecular formula is C26H25FN4O2S. The Morgan fingerprint density at radius 1 is 1.15 bits per heavy atom. The molecule has 1 fully saturated rings. The number of fused-ring (bicyclic) bond motifs is 1. The average Bonchev–Trinajstić information content (AvgIpc) is 3.31. The first kappa shape index (κ1) is 22.3. The Kier molecular flexibility index (Phi) is 5.91. The van der Waals surface area contributed by atoms with Crippen LogP contribution in [-0.2, 0) is 4.79 Å². The van der Waals surface area contributed by atoms with Crippen LogP contribution in [0.1, 0.15) is 24.0 Å². The molecule has 34 heavy (non-hydrogen) atoms. The van der Waals surface area contributed by atoms with Gasteiger partial charge in [-0.1, -0.05) is 17.7 Å². The van der Waals surface area contributed by atoms with E-state index >= 15 is 0 Å². The van der Waals surface area contributed by atoms with E-state index in [0.29, 0.717) is 40.5 Å². The SMILES string of the molecule is Cc1ccc(-n2c(N3CCC[C@@H](C(=O)Nc4ccc(F)c(C)c4)C3)nc3ccsc3c2=O)cc1. The number of amides is 1. The van der Waals surface area contributed by atoms with Gasteiger partial charge in [0.2, 0.25) is 11.9 Å². The highest BCUT2D eigenvalue weighted by molar-refractivity contribution is 7.17. The quantitative estimate of drug-likeness (QED) is 0.447. The van der Waals surface area contributed by atoms with Crippen molar-refractivity contribution >= 4 is 39.1 Å². The summed E-state index contributed by atoms with van der Waals surface area (Å²) in [5.74, 6) is -0.141. The summed E-state index contributed by atoms with van der Waals surface area (Å²) < 4.78 is 15.9. The minimum atomic E-state index is -0.300. The van der Waals surface area contributed by atoms with Crippen molar-refractivity contribution in [3.05, 3.63) is 81.2 Å². The lowest BCUT2D eigenvalue weighted by molar-refractivity contribution is -0.120. The number of thiophene rings is 1. The summed E-state index contributed by atoms with van der Waals surface area (Å²) in [4.78, 5) is 33.4. The van der Waals surface area contributed by atoms with Crippen molar-refractivity contribution in [3.63, 3.8) is 0 Å². The van der Waals surface area contributed by atoms with Gasteiger partial charge in [0.05, 0.1) is 17.1 Å². The maximum absolute atomic E-state index is 13.6. The van der Waals surface area contributed by atoms with Crippen LogP contribution in [0.25, 0.3) is 15.9 Å². The molecule has 2 aromatic heterocycles. The molecule has 6 nitrogen and oxygen atoms in total. The highest BCUT2D eigenvalue weighted by Crippen LogP contribution is 2.27. The lowest BCUT2D eigenvalue weighted by Crippen LogP contribution is -2.43. The molecule has 0 radical (unpaired) electrons. The van der Waals surface area contributed by atoms with E-state index in [9.17, 15) is 14.0 Å². The molecule has 0 saturated carbocycles. The van der Waals surface area contributed by atoms with Gasteiger partial charge in [0.1, 0.15) is 10.5 Å². The third-order valence-corrected chi connectivity index (χ3v) is 7.15. The van der Waals surface area contributed by atoms with E-state index in [0.717, 1.165) is 24.1 Å². The summed E-state index contributed by atoms with van der Waals surface area (Å²) in [5.41, 5.74) is 3.49. The zero-order chi connectivity index (χ0) is 23.8. The minimum Gasteiger partial charge on any atom is -0.341 e. The van der Waals surface area contributed by atoms with Crippen LogP contribution in [0, 0.1) is 25.6 Å². The fourth-order valence-electron chi connectivity index (χ4n) is 4.38. The zero-order valence-corrected chi connectivity index (χ0v) is 19.9. The van der Waals surface area contributed by atoms with Gasteiger partial charge < -0.3 is 10.2 Å². The third-order valence-electron chi connectivity index (χ3n) is 6.25. The summed E-state index contributed by atoms with van der Waals surface area (Å²) in [6.07, 6.45) is 1.53. The van der Waals surface area contributed by atoms with Crippen molar-refractivity contribution in [1.29, 1.82) is 0 Å². The first-order chi connectivity index (χ1) is 16.4. The summed E-state index contributed by atoms with van der Waals surface area (Å²) in [6.45, 7) is 4.82. The third kappa shape index (κ3) is 4.21. The molecule has 5 rings (SSSR count). The predicted octanol–water partition coefficient (Wildman–Crippen LogP) is 5.06. The van der Waals surface area contributed by atoms with Gasteiger partial charge in [-0.15, -0.1) is 11.3 Å². The maximum Gasteiger partial charge on any atom is 0.277 e. The Bertz CT molecular complexity index is 1430. The van der Waals surface area contributed by atoms with Crippen LogP contribution in [0.15, 0.2) is 58.7 Å². The first-order valence-corrected chi connectivity index (χ1v) is 12.2. The number of aryl methyl sites for hydroxylation is 2. The number of aromatic nitrogens is 2. The minimum absolute atomic E-state index is 0.104. The van der Waals surface area contributed by atoms with E-state index in [-0.39, 0.29) is 23.2 Å². The lowest BCUT2D eigenvalue weighted by atomic mass is 9.97. The summed E-state index contributed by atoms with van der Waals surface area (Å²) in [6, 6.07) is 14.2. The highest BCUT2D eigenvalue weighted by atomic mass is 32.1. The number of carbonyl (C=O) groups is 1. The number of nitrogens with one attached hydrogen (secondary N) is 1. The topological polar surface area (TPSA) is 67.2 Å². The molecule has 1 aliphatic heterocycles. The average molecular weight is 477 g/mol. The van der Waals surface area contributed by atoms with Gasteiger partial charge in [-0.25, -0.2) is 13.9 Å². The molecule has 1 aliphatic rings. The molecule has 3 heterocycles. The van der Waals surface area contributed by atoms with E-state index in [2.05, 4.69) is 5.32 Å². The second-order valence-corrected chi connectivity index (χ2v) is 9.68. The molecule has 1 atom stereocenters. The Balaban J connectivity index is 1.47. The molecule has 4 aromatic rings. The summed E-state index contributed by atoms with van der Waals surface area (Å²) in [5, 5.41) is 4.80. The standard InChI is InChI=1S/C26H25FN4O2S/c1-16-5-8-20(9-6-16)31-25(33)23-22(11-13-34-23)29-26(31)30-12-3-4-18(15-30)24(32)28-19-7-10-21(27)17(2)14-19/h5-11,13-14,18H,3-4,12,15H2,1-2H3,(H,28,32)/t18-/m1/s1. The van der Waals surface area contributed by atoms with E-state index in [1.807, 2.05) is 47.5 Å². The molecular weight excluding hydrogens is 451 g/mol. The number of rotatable bonds is 4. The van der Waals surface area contributed by atoms with Crippen molar-refractivity contribution in [3.8, 4) is 5.69 Å². The number of nitrogens with zero attached hydrogens (tertiary/aromatic N) is 3. The number of anilines is 2. The van der Waals surface area contributed by atoms with E-state index < -0.39 is 0 Å². The zero-order valence-electron chi connectivity index (χ0n) is 19.0. The molecule has 2 aromatic carbocycles. The van der Waals surface area contributed by atoms with Crippen molar-refractivity contribution in [2.75, 3.05) is 23.3 Å². The smallest absolute Gasteiger partial charge is 0.277 e. The van der Waals surface area contributed by atoms with Gasteiger partial charge in [-0.05, 0) is 74.0 Å². The van der Waals surface area contributed by atoms with Gasteiger partial charge in [0.15, 0.2) is 0 Å². The van der Waals surface area contributed by atoms with Gasteiger partial charge >= 0.3 is 0 Å². The van der Waals surface area contributed by atoms with Crippen LogP contribution >= 0.6 is 11.3 Å². The molecule has 1 saturated heterocycles. The van der Waals surface area contributed by atoms with Crippen molar-refractivity contribution < 1.29 is 9.18 Å². The first-order valence-electron chi connectivity index (χ1n) is 11.3. The molecule has 174 valence electrons. The fraction of sp³-hybridized carbons (Fsp3) is 0.269. The Labute approximate surface area is 200 Å². The van der Waals surface area contributed by atoms with E-state index in [1.165, 1.54) is 17.4 Å². The van der Waals surface area contributed by atoms with Crippen LogP contribution in [0.5, 0.6) is 0 Å². The van der Waals surface area contributed by atoms with Crippen LogP contribution in [0.3, 0.4) is 0 Å². The monoisotopic (exact) mass is 476 g/mol. The second-order valence-electron chi connectivity index (χ2n) is 8.76. The van der Waals surface area contributed by atoms with Crippen molar-refractivity contribution in [1.82, 2.24) is 9.55 Å². The van der Waals surface area contributed by atoms with Crippen molar-refractivity contribution in [2.45, 2.75) is 26.7 Å². The maximum atomic E-state index is 13.6. The van der Waals surface area contributed by atoms with Gasteiger partial charge in [-0.2, -0.15) is 0 Å². The number of benzene rings is 2. The number of hydrogen-bond acceptors (Lipinski definition) is 5. The molecule has 8 heteroatoms. The largest absolute Gasteiger partial charge is 0.341 e. The van der Waals surface area contributed by atoms with Gasteiger partial charge in [-0.3, -0.25) is 9.59 Å². The molecule has 0 spiro atoms.